The maximum Gasteiger partial charge on any atom is 0.213 e. The van der Waals surface area contributed by atoms with Crippen LogP contribution < -0.4 is 4.74 Å². The molecule has 1 fully saturated rings. The van der Waals surface area contributed by atoms with Crippen molar-refractivity contribution in [2.45, 2.75) is 6.61 Å². The highest BCUT2D eigenvalue weighted by molar-refractivity contribution is 5.97. The van der Waals surface area contributed by atoms with Gasteiger partial charge in [0.25, 0.3) is 0 Å². The van der Waals surface area contributed by atoms with Gasteiger partial charge >= 0.3 is 0 Å². The lowest BCUT2D eigenvalue weighted by molar-refractivity contribution is 0.0371. The van der Waals surface area contributed by atoms with Crippen LogP contribution in [0.1, 0.15) is 16.1 Å². The molecule has 1 aliphatic heterocycles. The van der Waals surface area contributed by atoms with Crippen LogP contribution in [0.2, 0.25) is 0 Å². The van der Waals surface area contributed by atoms with Crippen molar-refractivity contribution in [2.24, 2.45) is 7.05 Å². The second kappa shape index (κ2) is 8.93. The minimum Gasteiger partial charge on any atom is -0.471 e. The zero-order valence-corrected chi connectivity index (χ0v) is 16.3. The van der Waals surface area contributed by atoms with E-state index in [0.29, 0.717) is 31.2 Å². The van der Waals surface area contributed by atoms with E-state index in [0.717, 1.165) is 30.0 Å². The Morgan fingerprint density at radius 3 is 2.66 bits per heavy atom. The number of carbonyl (C=O) groups excluding carboxylic acids is 1. The SMILES string of the molecule is Cn1nnc(-c2ccccc2)c1COc1ccc(C(=O)CN2CCOCC2)cn1. The number of morpholine rings is 1. The number of aryl methyl sites for hydroxylation is 1. The Morgan fingerprint density at radius 1 is 1.14 bits per heavy atom. The molecule has 0 amide bonds. The molecular formula is C21H23N5O3. The van der Waals surface area contributed by atoms with Crippen molar-refractivity contribution < 1.29 is 14.3 Å². The van der Waals surface area contributed by atoms with Gasteiger partial charge in [0.1, 0.15) is 18.0 Å². The van der Waals surface area contributed by atoms with Gasteiger partial charge in [0.05, 0.1) is 19.8 Å². The van der Waals surface area contributed by atoms with E-state index in [9.17, 15) is 4.79 Å². The Labute approximate surface area is 169 Å². The number of Topliss-reactive ketones (excluding diaryl/α,β-unsaturated/α-hetero) is 1. The van der Waals surface area contributed by atoms with Crippen molar-refractivity contribution in [2.75, 3.05) is 32.8 Å². The third-order valence-corrected chi connectivity index (χ3v) is 4.88. The van der Waals surface area contributed by atoms with E-state index in [1.165, 1.54) is 0 Å². The van der Waals surface area contributed by atoms with Crippen molar-refractivity contribution in [3.05, 3.63) is 59.9 Å². The monoisotopic (exact) mass is 393 g/mol. The van der Waals surface area contributed by atoms with Gasteiger partial charge in [0.2, 0.25) is 5.88 Å². The van der Waals surface area contributed by atoms with Crippen molar-refractivity contribution in [3.8, 4) is 17.1 Å². The molecule has 3 aromatic rings. The Morgan fingerprint density at radius 2 is 1.93 bits per heavy atom. The van der Waals surface area contributed by atoms with E-state index in [4.69, 9.17) is 9.47 Å². The van der Waals surface area contributed by atoms with Crippen molar-refractivity contribution >= 4 is 5.78 Å². The quantitative estimate of drug-likeness (QED) is 0.568. The zero-order valence-electron chi connectivity index (χ0n) is 16.3. The second-order valence-corrected chi connectivity index (χ2v) is 6.86. The van der Waals surface area contributed by atoms with Gasteiger partial charge in [0, 0.05) is 43.5 Å². The van der Waals surface area contributed by atoms with E-state index >= 15 is 0 Å². The first-order chi connectivity index (χ1) is 14.2. The lowest BCUT2D eigenvalue weighted by Crippen LogP contribution is -2.39. The summed E-state index contributed by atoms with van der Waals surface area (Å²) in [7, 11) is 1.83. The molecule has 1 saturated heterocycles. The fraction of sp³-hybridized carbons (Fsp3) is 0.333. The molecule has 1 aliphatic rings. The number of carbonyl (C=O) groups is 1. The summed E-state index contributed by atoms with van der Waals surface area (Å²) in [5.41, 5.74) is 3.20. The number of ether oxygens (including phenoxy) is 2. The Kier molecular flexibility index (Phi) is 5.92. The van der Waals surface area contributed by atoms with Crippen molar-refractivity contribution in [1.29, 1.82) is 0 Å². The van der Waals surface area contributed by atoms with E-state index < -0.39 is 0 Å². The fourth-order valence-electron chi connectivity index (χ4n) is 3.19. The first-order valence-corrected chi connectivity index (χ1v) is 9.57. The maximum absolute atomic E-state index is 12.4. The molecule has 0 N–H and O–H groups in total. The normalized spacial score (nSPS) is 14.7. The number of hydrogen-bond acceptors (Lipinski definition) is 7. The lowest BCUT2D eigenvalue weighted by Gasteiger charge is -2.25. The predicted octanol–water partition coefficient (Wildman–Crippen LogP) is 1.97. The fourth-order valence-corrected chi connectivity index (χ4v) is 3.19. The Bertz CT molecular complexity index is 950. The number of nitrogens with zero attached hydrogens (tertiary/aromatic N) is 5. The summed E-state index contributed by atoms with van der Waals surface area (Å²) < 4.78 is 12.8. The Hall–Kier alpha value is -3.10. The number of aromatic nitrogens is 4. The van der Waals surface area contributed by atoms with Crippen LogP contribution in [0.5, 0.6) is 5.88 Å². The molecule has 2 aromatic heterocycles. The van der Waals surface area contributed by atoms with Gasteiger partial charge in [-0.1, -0.05) is 35.5 Å². The summed E-state index contributed by atoms with van der Waals surface area (Å²) >= 11 is 0. The lowest BCUT2D eigenvalue weighted by atomic mass is 10.1. The number of rotatable bonds is 7. The van der Waals surface area contributed by atoms with Gasteiger partial charge in [0.15, 0.2) is 5.78 Å². The molecule has 0 saturated carbocycles. The average molecular weight is 393 g/mol. The summed E-state index contributed by atoms with van der Waals surface area (Å²) in [6, 6.07) is 13.3. The van der Waals surface area contributed by atoms with Crippen LogP contribution in [0.4, 0.5) is 0 Å². The van der Waals surface area contributed by atoms with Gasteiger partial charge in [-0.25, -0.2) is 9.67 Å². The van der Waals surface area contributed by atoms with Gasteiger partial charge in [-0.05, 0) is 6.07 Å². The van der Waals surface area contributed by atoms with Crippen LogP contribution in [0.15, 0.2) is 48.7 Å². The van der Waals surface area contributed by atoms with Crippen LogP contribution in [0.3, 0.4) is 0 Å². The van der Waals surface area contributed by atoms with Gasteiger partial charge in [-0.2, -0.15) is 0 Å². The molecule has 29 heavy (non-hydrogen) atoms. The largest absolute Gasteiger partial charge is 0.471 e. The minimum absolute atomic E-state index is 0.0492. The minimum atomic E-state index is 0.0492. The molecule has 8 nitrogen and oxygen atoms in total. The first-order valence-electron chi connectivity index (χ1n) is 9.57. The summed E-state index contributed by atoms with van der Waals surface area (Å²) in [6.45, 7) is 3.57. The molecule has 8 heteroatoms. The van der Waals surface area contributed by atoms with E-state index in [2.05, 4.69) is 20.2 Å². The third kappa shape index (κ3) is 4.67. The molecular weight excluding hydrogens is 370 g/mol. The van der Waals surface area contributed by atoms with E-state index in [1.807, 2.05) is 37.4 Å². The van der Waals surface area contributed by atoms with E-state index in [1.54, 1.807) is 23.0 Å². The molecule has 3 heterocycles. The topological polar surface area (TPSA) is 82.4 Å². The molecule has 0 unspecified atom stereocenters. The van der Waals surface area contributed by atoms with Crippen molar-refractivity contribution in [1.82, 2.24) is 24.9 Å². The Balaban J connectivity index is 1.39. The summed E-state index contributed by atoms with van der Waals surface area (Å²) in [6.07, 6.45) is 1.57. The predicted molar refractivity (Wildman–Crippen MR) is 107 cm³/mol. The van der Waals surface area contributed by atoms with Crippen LogP contribution in [-0.2, 0) is 18.4 Å². The molecule has 1 aromatic carbocycles. The van der Waals surface area contributed by atoms with Gasteiger partial charge < -0.3 is 9.47 Å². The smallest absolute Gasteiger partial charge is 0.213 e. The number of hydrogen-bond donors (Lipinski definition) is 0. The zero-order chi connectivity index (χ0) is 20.1. The highest BCUT2D eigenvalue weighted by Gasteiger charge is 2.16. The van der Waals surface area contributed by atoms with Crippen molar-refractivity contribution in [3.63, 3.8) is 0 Å². The van der Waals surface area contributed by atoms with E-state index in [-0.39, 0.29) is 12.4 Å². The third-order valence-electron chi connectivity index (χ3n) is 4.88. The molecule has 150 valence electrons. The number of benzene rings is 1. The maximum atomic E-state index is 12.4. The molecule has 0 radical (unpaired) electrons. The molecule has 0 aliphatic carbocycles. The first kappa shape index (κ1) is 19.2. The summed E-state index contributed by atoms with van der Waals surface area (Å²) in [5.74, 6) is 0.501. The van der Waals surface area contributed by atoms with Crippen LogP contribution >= 0.6 is 0 Å². The van der Waals surface area contributed by atoms with Gasteiger partial charge in [-0.15, -0.1) is 5.10 Å². The summed E-state index contributed by atoms with van der Waals surface area (Å²) in [4.78, 5) is 18.8. The molecule has 0 atom stereocenters. The average Bonchev–Trinajstić information content (AvgIpc) is 3.14. The van der Waals surface area contributed by atoms with Crippen LogP contribution in [0, 0.1) is 0 Å². The molecule has 0 spiro atoms. The highest BCUT2D eigenvalue weighted by Crippen LogP contribution is 2.21. The van der Waals surface area contributed by atoms with Crippen LogP contribution in [0.25, 0.3) is 11.3 Å². The molecule has 4 rings (SSSR count). The summed E-state index contributed by atoms with van der Waals surface area (Å²) in [5, 5.41) is 8.35. The number of ketones is 1. The van der Waals surface area contributed by atoms with Crippen LogP contribution in [-0.4, -0.2) is 63.5 Å². The van der Waals surface area contributed by atoms with Gasteiger partial charge in [-0.3, -0.25) is 9.69 Å². The highest BCUT2D eigenvalue weighted by atomic mass is 16.5. The standard InChI is InChI=1S/C21H23N5O3/c1-25-18(21(23-24-25)16-5-3-2-4-6-16)15-29-20-8-7-17(13-22-20)19(27)14-26-9-11-28-12-10-26/h2-8,13H,9-12,14-15H2,1H3. The second-order valence-electron chi connectivity index (χ2n) is 6.86. The molecule has 0 bridgehead atoms. The number of pyridine rings is 1.